The van der Waals surface area contributed by atoms with E-state index in [1.165, 1.54) is 6.21 Å². The van der Waals surface area contributed by atoms with Gasteiger partial charge in [-0.2, -0.15) is 0 Å². The fraction of sp³-hybridized carbons (Fsp3) is 0.286. The van der Waals surface area contributed by atoms with Crippen LogP contribution in [0.4, 0.5) is 0 Å². The first-order valence-electron chi connectivity index (χ1n) is 3.04. The highest BCUT2D eigenvalue weighted by atomic mass is 16.4. The fourth-order valence-electron chi connectivity index (χ4n) is 0.458. The third kappa shape index (κ3) is 3.86. The summed E-state index contributed by atoms with van der Waals surface area (Å²) in [4.78, 5) is 0. The fourth-order valence-corrected chi connectivity index (χ4v) is 0.458. The van der Waals surface area contributed by atoms with Crippen LogP contribution in [0.1, 0.15) is 6.92 Å². The first-order chi connectivity index (χ1) is 4.85. The van der Waals surface area contributed by atoms with Crippen molar-refractivity contribution in [1.29, 1.82) is 0 Å². The molecule has 0 atom stereocenters. The molecular formula is C7H12N2O. The molecule has 56 valence electrons. The van der Waals surface area contributed by atoms with E-state index in [1.54, 1.807) is 6.08 Å². The molecule has 0 rings (SSSR count). The maximum absolute atomic E-state index is 8.12. The molecule has 0 aromatic carbocycles. The summed E-state index contributed by atoms with van der Waals surface area (Å²) in [6.45, 7) is 2.29. The third-order valence-electron chi connectivity index (χ3n) is 0.962. The van der Waals surface area contributed by atoms with E-state index in [2.05, 4.69) is 5.16 Å². The predicted octanol–water partition coefficient (Wildman–Crippen LogP) is 0.908. The van der Waals surface area contributed by atoms with Crippen LogP contribution in [-0.4, -0.2) is 18.0 Å². The van der Waals surface area contributed by atoms with Gasteiger partial charge in [-0.25, -0.2) is 0 Å². The number of oxime groups is 1. The first-order valence-corrected chi connectivity index (χ1v) is 3.04. The molecule has 0 heterocycles. The summed E-state index contributed by atoms with van der Waals surface area (Å²) in [7, 11) is 0. The highest BCUT2D eigenvalue weighted by molar-refractivity contribution is 5.78. The molecule has 0 radical (unpaired) electrons. The first kappa shape index (κ1) is 8.91. The van der Waals surface area contributed by atoms with Crippen LogP contribution in [0.5, 0.6) is 0 Å². The predicted molar refractivity (Wildman–Crippen MR) is 42.2 cm³/mol. The minimum atomic E-state index is 0.383. The third-order valence-corrected chi connectivity index (χ3v) is 0.962. The molecule has 0 aromatic rings. The number of allylic oxidation sites excluding steroid dienone is 3. The molecule has 0 bridgehead atoms. The van der Waals surface area contributed by atoms with Gasteiger partial charge in [-0.1, -0.05) is 23.4 Å². The van der Waals surface area contributed by atoms with Gasteiger partial charge in [0.05, 0.1) is 6.21 Å². The second-order valence-electron chi connectivity index (χ2n) is 1.72. The second-order valence-corrected chi connectivity index (χ2v) is 1.72. The van der Waals surface area contributed by atoms with Gasteiger partial charge < -0.3 is 10.9 Å². The van der Waals surface area contributed by atoms with Crippen molar-refractivity contribution in [2.24, 2.45) is 10.9 Å². The standard InChI is InChI=1S/C7H12N2O/c1-2-3-4-7(5-8)6-9-10/h2-4,6,10H,5,8H2,1H3/b3-2-,7-4-,9-6+. The maximum atomic E-state index is 8.12. The lowest BCUT2D eigenvalue weighted by molar-refractivity contribution is 0.321. The van der Waals surface area contributed by atoms with Crippen LogP contribution >= 0.6 is 0 Å². The summed E-state index contributed by atoms with van der Waals surface area (Å²) in [5, 5.41) is 11.0. The zero-order valence-electron chi connectivity index (χ0n) is 5.99. The Balaban J connectivity index is 4.04. The van der Waals surface area contributed by atoms with Gasteiger partial charge in [0.15, 0.2) is 0 Å². The maximum Gasteiger partial charge on any atom is 0.0706 e. The average molecular weight is 140 g/mol. The molecule has 3 N–H and O–H groups in total. The van der Waals surface area contributed by atoms with Crippen LogP contribution in [-0.2, 0) is 0 Å². The summed E-state index contributed by atoms with van der Waals surface area (Å²) in [6.07, 6.45) is 6.82. The van der Waals surface area contributed by atoms with E-state index in [0.29, 0.717) is 6.54 Å². The molecule has 3 nitrogen and oxygen atoms in total. The Kier molecular flexibility index (Phi) is 5.38. The monoisotopic (exact) mass is 140 g/mol. The average Bonchev–Trinajstić information content (AvgIpc) is 1.98. The number of hydrogen-bond donors (Lipinski definition) is 2. The second kappa shape index (κ2) is 6.04. The molecule has 0 amide bonds. The minimum absolute atomic E-state index is 0.383. The molecule has 0 aliphatic rings. The van der Waals surface area contributed by atoms with E-state index in [1.807, 2.05) is 19.1 Å². The van der Waals surface area contributed by atoms with Crippen molar-refractivity contribution in [3.05, 3.63) is 23.8 Å². The van der Waals surface area contributed by atoms with Crippen LogP contribution in [0, 0.1) is 0 Å². The summed E-state index contributed by atoms with van der Waals surface area (Å²) < 4.78 is 0. The normalized spacial score (nSPS) is 13.6. The lowest BCUT2D eigenvalue weighted by Crippen LogP contribution is -2.03. The van der Waals surface area contributed by atoms with Crippen LogP contribution in [0.25, 0.3) is 0 Å². The van der Waals surface area contributed by atoms with Crippen molar-refractivity contribution >= 4 is 6.21 Å². The summed E-state index contributed by atoms with van der Waals surface area (Å²) in [6, 6.07) is 0. The van der Waals surface area contributed by atoms with Crippen molar-refractivity contribution in [1.82, 2.24) is 0 Å². The van der Waals surface area contributed by atoms with Gasteiger partial charge in [0.2, 0.25) is 0 Å². The van der Waals surface area contributed by atoms with E-state index in [4.69, 9.17) is 10.9 Å². The number of rotatable bonds is 3. The van der Waals surface area contributed by atoms with Gasteiger partial charge in [0.1, 0.15) is 0 Å². The van der Waals surface area contributed by atoms with Gasteiger partial charge in [0.25, 0.3) is 0 Å². The number of hydrogen-bond acceptors (Lipinski definition) is 3. The molecule has 0 aromatic heterocycles. The minimum Gasteiger partial charge on any atom is -0.411 e. The summed E-state index contributed by atoms with van der Waals surface area (Å²) in [5.41, 5.74) is 6.09. The Morgan fingerprint density at radius 1 is 1.70 bits per heavy atom. The smallest absolute Gasteiger partial charge is 0.0706 e. The largest absolute Gasteiger partial charge is 0.411 e. The van der Waals surface area contributed by atoms with Gasteiger partial charge in [-0.05, 0) is 12.5 Å². The highest BCUT2D eigenvalue weighted by Gasteiger charge is 1.84. The SMILES string of the molecule is C\C=C/C=C(\C=N\O)CN. The van der Waals surface area contributed by atoms with Crippen molar-refractivity contribution in [3.8, 4) is 0 Å². The Bertz CT molecular complexity index is 159. The molecule has 10 heavy (non-hydrogen) atoms. The topological polar surface area (TPSA) is 58.6 Å². The van der Waals surface area contributed by atoms with Crippen molar-refractivity contribution in [2.75, 3.05) is 6.54 Å². The van der Waals surface area contributed by atoms with Gasteiger partial charge in [-0.3, -0.25) is 0 Å². The van der Waals surface area contributed by atoms with Crippen molar-refractivity contribution < 1.29 is 5.21 Å². The zero-order valence-corrected chi connectivity index (χ0v) is 5.99. The highest BCUT2D eigenvalue weighted by Crippen LogP contribution is 1.87. The molecule has 0 aliphatic carbocycles. The molecule has 0 spiro atoms. The van der Waals surface area contributed by atoms with Gasteiger partial charge in [0, 0.05) is 6.54 Å². The van der Waals surface area contributed by atoms with E-state index >= 15 is 0 Å². The van der Waals surface area contributed by atoms with Crippen LogP contribution < -0.4 is 5.73 Å². The van der Waals surface area contributed by atoms with Gasteiger partial charge in [-0.15, -0.1) is 0 Å². The van der Waals surface area contributed by atoms with E-state index in [0.717, 1.165) is 5.57 Å². The van der Waals surface area contributed by atoms with Crippen LogP contribution in [0.3, 0.4) is 0 Å². The lowest BCUT2D eigenvalue weighted by Gasteiger charge is -1.89. The van der Waals surface area contributed by atoms with Crippen molar-refractivity contribution in [2.45, 2.75) is 6.92 Å². The molecule has 0 aliphatic heterocycles. The van der Waals surface area contributed by atoms with Crippen LogP contribution in [0.2, 0.25) is 0 Å². The summed E-state index contributed by atoms with van der Waals surface area (Å²) in [5.74, 6) is 0. The van der Waals surface area contributed by atoms with Gasteiger partial charge >= 0.3 is 0 Å². The lowest BCUT2D eigenvalue weighted by atomic mass is 10.2. The Labute approximate surface area is 60.5 Å². The number of nitrogens with zero attached hydrogens (tertiary/aromatic N) is 1. The molecule has 3 heteroatoms. The molecular weight excluding hydrogens is 128 g/mol. The zero-order chi connectivity index (χ0) is 7.82. The van der Waals surface area contributed by atoms with Crippen molar-refractivity contribution in [3.63, 3.8) is 0 Å². The Morgan fingerprint density at radius 3 is 2.80 bits per heavy atom. The molecule has 0 saturated heterocycles. The molecule has 0 saturated carbocycles. The van der Waals surface area contributed by atoms with Crippen LogP contribution in [0.15, 0.2) is 29.0 Å². The van der Waals surface area contributed by atoms with E-state index in [-0.39, 0.29) is 0 Å². The number of nitrogens with two attached hydrogens (primary N) is 1. The Hall–Kier alpha value is -1.09. The Morgan fingerprint density at radius 2 is 2.40 bits per heavy atom. The molecule has 0 fully saturated rings. The molecule has 0 unspecified atom stereocenters. The van der Waals surface area contributed by atoms with E-state index < -0.39 is 0 Å². The quantitative estimate of drug-likeness (QED) is 0.265. The van der Waals surface area contributed by atoms with E-state index in [9.17, 15) is 0 Å². The summed E-state index contributed by atoms with van der Waals surface area (Å²) >= 11 is 0.